The molecule has 0 spiro atoms. The zero-order valence-electron chi connectivity index (χ0n) is 16.1. The monoisotopic (exact) mass is 373 g/mol. The number of pyridine rings is 1. The lowest BCUT2D eigenvalue weighted by Gasteiger charge is -2.22. The van der Waals surface area contributed by atoms with Gasteiger partial charge < -0.3 is 15.2 Å². The van der Waals surface area contributed by atoms with Crippen LogP contribution >= 0.6 is 0 Å². The molecule has 3 aromatic rings. The second kappa shape index (κ2) is 6.49. The maximum Gasteiger partial charge on any atom is 0.258 e. The quantitative estimate of drug-likeness (QED) is 0.725. The maximum absolute atomic E-state index is 12.8. The van der Waals surface area contributed by atoms with Gasteiger partial charge in [-0.25, -0.2) is 4.98 Å². The summed E-state index contributed by atoms with van der Waals surface area (Å²) in [5.41, 5.74) is 6.93. The molecule has 2 aliphatic heterocycles. The van der Waals surface area contributed by atoms with Crippen molar-refractivity contribution in [1.82, 2.24) is 24.6 Å². The fourth-order valence-electron chi connectivity index (χ4n) is 4.08. The van der Waals surface area contributed by atoms with Gasteiger partial charge in [0.15, 0.2) is 0 Å². The lowest BCUT2D eigenvalue weighted by molar-refractivity contribution is 0.607. The molecule has 0 aliphatic carbocycles. The van der Waals surface area contributed by atoms with Gasteiger partial charge in [-0.05, 0) is 56.1 Å². The predicted octanol–water partition coefficient (Wildman–Crippen LogP) is 3.02. The molecule has 0 amide bonds. The molecule has 0 fully saturated rings. The molecule has 2 N–H and O–H groups in total. The largest absolute Gasteiger partial charge is 0.379 e. The number of hydrogen-bond acceptors (Lipinski definition) is 4. The third-order valence-corrected chi connectivity index (χ3v) is 5.49. The normalized spacial score (nSPS) is 19.0. The Morgan fingerprint density at radius 2 is 2.07 bits per heavy atom. The first kappa shape index (κ1) is 17.0. The summed E-state index contributed by atoms with van der Waals surface area (Å²) >= 11 is 0. The Hall–Kier alpha value is -3.12. The van der Waals surface area contributed by atoms with E-state index in [1.54, 1.807) is 10.5 Å². The second-order valence-electron chi connectivity index (χ2n) is 7.55. The summed E-state index contributed by atoms with van der Waals surface area (Å²) in [6.45, 7) is 6.03. The maximum atomic E-state index is 12.8. The average molecular weight is 373 g/mol. The average Bonchev–Trinajstić information content (AvgIpc) is 3.13. The molecule has 5 rings (SSSR count). The first-order valence-corrected chi connectivity index (χ1v) is 9.69. The van der Waals surface area contributed by atoms with Crippen molar-refractivity contribution in [2.45, 2.75) is 26.3 Å². The molecule has 0 saturated heterocycles. The van der Waals surface area contributed by atoms with Crippen LogP contribution in [0.3, 0.4) is 0 Å². The highest BCUT2D eigenvalue weighted by molar-refractivity contribution is 5.68. The molecule has 0 bridgehead atoms. The molecule has 1 atom stereocenters. The van der Waals surface area contributed by atoms with Gasteiger partial charge in [0.1, 0.15) is 5.65 Å². The summed E-state index contributed by atoms with van der Waals surface area (Å²) in [5, 5.41) is 6.74. The van der Waals surface area contributed by atoms with Crippen LogP contribution in [0, 0.1) is 0 Å². The SMILES string of the molecule is CC1=Cn2cc(-c3cc(=O)n4cc(C5=CCNCC5)ccc4n3)cc2C(C)N1. The molecule has 28 heavy (non-hydrogen) atoms. The standard InChI is InChI=1S/C22H23N5O/c1-14-11-26-12-18(9-20(26)15(2)24-14)19-10-22(28)27-13-17(3-4-21(27)25-19)16-5-7-23-8-6-16/h3-5,9-13,15,23-24H,6-8H2,1-2H3. The number of nitrogens with zero attached hydrogens (tertiary/aromatic N) is 3. The van der Waals surface area contributed by atoms with Crippen molar-refractivity contribution < 1.29 is 0 Å². The van der Waals surface area contributed by atoms with Crippen LogP contribution < -0.4 is 16.2 Å². The topological polar surface area (TPSA) is 63.4 Å². The Balaban J connectivity index is 1.58. The van der Waals surface area contributed by atoms with E-state index in [1.807, 2.05) is 18.5 Å². The molecule has 5 heterocycles. The van der Waals surface area contributed by atoms with Crippen molar-refractivity contribution in [3.8, 4) is 11.3 Å². The minimum atomic E-state index is -0.0570. The van der Waals surface area contributed by atoms with E-state index in [0.29, 0.717) is 11.3 Å². The van der Waals surface area contributed by atoms with Crippen LogP contribution in [0.4, 0.5) is 0 Å². The number of aromatic nitrogens is 3. The molecule has 2 aliphatic rings. The number of rotatable bonds is 2. The second-order valence-corrected chi connectivity index (χ2v) is 7.55. The number of hydrogen-bond donors (Lipinski definition) is 2. The van der Waals surface area contributed by atoms with Gasteiger partial charge >= 0.3 is 0 Å². The Kier molecular flexibility index (Phi) is 3.94. The smallest absolute Gasteiger partial charge is 0.258 e. The lowest BCUT2D eigenvalue weighted by Crippen LogP contribution is -2.22. The molecule has 6 heteroatoms. The summed E-state index contributed by atoms with van der Waals surface area (Å²) in [4.78, 5) is 17.6. The molecule has 1 unspecified atom stereocenters. The minimum Gasteiger partial charge on any atom is -0.379 e. The summed E-state index contributed by atoms with van der Waals surface area (Å²) in [7, 11) is 0. The van der Waals surface area contributed by atoms with E-state index in [1.165, 1.54) is 5.57 Å². The molecule has 0 saturated carbocycles. The van der Waals surface area contributed by atoms with Gasteiger partial charge in [0.2, 0.25) is 0 Å². The Bertz CT molecular complexity index is 1200. The van der Waals surface area contributed by atoms with E-state index in [4.69, 9.17) is 4.98 Å². The molecule has 142 valence electrons. The Labute approximate surface area is 163 Å². The van der Waals surface area contributed by atoms with Gasteiger partial charge in [0, 0.05) is 48.2 Å². The zero-order valence-corrected chi connectivity index (χ0v) is 16.1. The molecular formula is C22H23N5O. The molecule has 0 aromatic carbocycles. The van der Waals surface area contributed by atoms with Crippen LogP contribution in [-0.2, 0) is 0 Å². The van der Waals surface area contributed by atoms with Crippen LogP contribution in [0.5, 0.6) is 0 Å². The molecule has 0 radical (unpaired) electrons. The summed E-state index contributed by atoms with van der Waals surface area (Å²) in [6.07, 6.45) is 9.18. The highest BCUT2D eigenvalue weighted by Gasteiger charge is 2.18. The van der Waals surface area contributed by atoms with E-state index < -0.39 is 0 Å². The van der Waals surface area contributed by atoms with E-state index in [0.717, 1.165) is 42.0 Å². The Morgan fingerprint density at radius 3 is 2.89 bits per heavy atom. The van der Waals surface area contributed by atoms with Crippen molar-refractivity contribution >= 4 is 17.4 Å². The first-order valence-electron chi connectivity index (χ1n) is 9.69. The third-order valence-electron chi connectivity index (χ3n) is 5.49. The van der Waals surface area contributed by atoms with Crippen molar-refractivity contribution in [1.29, 1.82) is 0 Å². The van der Waals surface area contributed by atoms with Crippen molar-refractivity contribution in [2.75, 3.05) is 13.1 Å². The van der Waals surface area contributed by atoms with Gasteiger partial charge in [0.25, 0.3) is 5.56 Å². The van der Waals surface area contributed by atoms with Crippen molar-refractivity contribution in [3.63, 3.8) is 0 Å². The van der Waals surface area contributed by atoms with Gasteiger partial charge in [-0.1, -0.05) is 6.08 Å². The van der Waals surface area contributed by atoms with Crippen molar-refractivity contribution in [3.05, 3.63) is 70.0 Å². The van der Waals surface area contributed by atoms with E-state index in [9.17, 15) is 4.79 Å². The fourth-order valence-corrected chi connectivity index (χ4v) is 4.08. The van der Waals surface area contributed by atoms with Gasteiger partial charge in [-0.15, -0.1) is 0 Å². The molecule has 3 aromatic heterocycles. The van der Waals surface area contributed by atoms with Crippen LogP contribution in [-0.4, -0.2) is 27.0 Å². The fraction of sp³-hybridized carbons (Fsp3) is 0.273. The van der Waals surface area contributed by atoms with E-state index >= 15 is 0 Å². The number of nitrogens with one attached hydrogen (secondary N) is 2. The van der Waals surface area contributed by atoms with Gasteiger partial charge in [-0.2, -0.15) is 0 Å². The minimum absolute atomic E-state index is 0.0570. The molecule has 6 nitrogen and oxygen atoms in total. The lowest BCUT2D eigenvalue weighted by atomic mass is 10.0. The number of allylic oxidation sites excluding steroid dienone is 1. The van der Waals surface area contributed by atoms with Crippen LogP contribution in [0.25, 0.3) is 28.7 Å². The van der Waals surface area contributed by atoms with E-state index in [-0.39, 0.29) is 11.6 Å². The Morgan fingerprint density at radius 1 is 1.18 bits per heavy atom. The number of fused-ring (bicyclic) bond motifs is 2. The van der Waals surface area contributed by atoms with Gasteiger partial charge in [-0.3, -0.25) is 9.20 Å². The van der Waals surface area contributed by atoms with Crippen molar-refractivity contribution in [2.24, 2.45) is 0 Å². The van der Waals surface area contributed by atoms with Gasteiger partial charge in [0.05, 0.1) is 11.7 Å². The summed E-state index contributed by atoms with van der Waals surface area (Å²) in [6, 6.07) is 7.95. The highest BCUT2D eigenvalue weighted by atomic mass is 16.1. The highest BCUT2D eigenvalue weighted by Crippen LogP contribution is 2.28. The van der Waals surface area contributed by atoms with Crippen LogP contribution in [0.15, 0.2) is 53.2 Å². The van der Waals surface area contributed by atoms with Crippen LogP contribution in [0.2, 0.25) is 0 Å². The molecular weight excluding hydrogens is 350 g/mol. The summed E-state index contributed by atoms with van der Waals surface area (Å²) < 4.78 is 3.76. The third kappa shape index (κ3) is 2.86. The summed E-state index contributed by atoms with van der Waals surface area (Å²) in [5.74, 6) is 0. The van der Waals surface area contributed by atoms with E-state index in [2.05, 4.69) is 53.5 Å². The first-order chi connectivity index (χ1) is 13.6. The van der Waals surface area contributed by atoms with Crippen LogP contribution in [0.1, 0.15) is 37.6 Å². The zero-order chi connectivity index (χ0) is 19.3. The predicted molar refractivity (Wildman–Crippen MR) is 112 cm³/mol.